The molecule has 1 aromatic heterocycles. The zero-order valence-corrected chi connectivity index (χ0v) is 10.9. The number of anilines is 1. The summed E-state index contributed by atoms with van der Waals surface area (Å²) >= 11 is 1.88. The Morgan fingerprint density at radius 1 is 1.38 bits per heavy atom. The zero-order valence-electron chi connectivity index (χ0n) is 10.1. The number of hydrogen-bond donors (Lipinski definition) is 1. The number of ether oxygens (including phenoxy) is 1. The van der Waals surface area contributed by atoms with Gasteiger partial charge in [-0.15, -0.1) is 0 Å². The van der Waals surface area contributed by atoms with Crippen LogP contribution >= 0.6 is 11.8 Å². The fourth-order valence-electron chi connectivity index (χ4n) is 1.29. The number of nitrogens with zero attached hydrogens (tertiary/aromatic N) is 2. The maximum atomic E-state index is 5.09. The quantitative estimate of drug-likeness (QED) is 0.742. The van der Waals surface area contributed by atoms with Crippen molar-refractivity contribution < 1.29 is 4.74 Å². The fraction of sp³-hybridized carbons (Fsp3) is 0.636. The lowest BCUT2D eigenvalue weighted by atomic mass is 10.3. The molecular weight excluding hydrogens is 222 g/mol. The van der Waals surface area contributed by atoms with Gasteiger partial charge < -0.3 is 10.1 Å². The monoisotopic (exact) mass is 241 g/mol. The molecule has 0 aliphatic carbocycles. The summed E-state index contributed by atoms with van der Waals surface area (Å²) < 4.78 is 5.09. The van der Waals surface area contributed by atoms with Gasteiger partial charge in [0.05, 0.1) is 7.11 Å². The van der Waals surface area contributed by atoms with E-state index in [1.54, 1.807) is 7.11 Å². The molecule has 1 heterocycles. The van der Waals surface area contributed by atoms with Crippen molar-refractivity contribution in [3.05, 3.63) is 11.8 Å². The van der Waals surface area contributed by atoms with Gasteiger partial charge in [0, 0.05) is 18.3 Å². The first-order valence-electron chi connectivity index (χ1n) is 5.38. The van der Waals surface area contributed by atoms with E-state index in [9.17, 15) is 0 Å². The Morgan fingerprint density at radius 2 is 2.19 bits per heavy atom. The minimum Gasteiger partial charge on any atom is -0.481 e. The van der Waals surface area contributed by atoms with Gasteiger partial charge in [0.2, 0.25) is 11.8 Å². The highest BCUT2D eigenvalue weighted by atomic mass is 32.2. The van der Waals surface area contributed by atoms with Crippen molar-refractivity contribution >= 4 is 17.7 Å². The average molecular weight is 241 g/mol. The van der Waals surface area contributed by atoms with Crippen LogP contribution < -0.4 is 10.1 Å². The number of unbranched alkanes of at least 4 members (excludes halogenated alkanes) is 1. The van der Waals surface area contributed by atoms with E-state index in [2.05, 4.69) is 21.5 Å². The summed E-state index contributed by atoms with van der Waals surface area (Å²) in [6.07, 6.45) is 4.49. The first kappa shape index (κ1) is 13.1. The summed E-state index contributed by atoms with van der Waals surface area (Å²) in [5.74, 6) is 2.47. The highest BCUT2D eigenvalue weighted by Crippen LogP contribution is 2.11. The molecule has 0 aliphatic heterocycles. The van der Waals surface area contributed by atoms with Crippen LogP contribution in [-0.2, 0) is 0 Å². The van der Waals surface area contributed by atoms with E-state index in [1.807, 2.05) is 24.8 Å². The topological polar surface area (TPSA) is 47.0 Å². The number of thioether (sulfide) groups is 1. The molecule has 0 atom stereocenters. The van der Waals surface area contributed by atoms with Crippen molar-refractivity contribution in [1.29, 1.82) is 0 Å². The summed E-state index contributed by atoms with van der Waals surface area (Å²) in [7, 11) is 1.62. The molecule has 0 amide bonds. The molecule has 5 heteroatoms. The van der Waals surface area contributed by atoms with E-state index in [1.165, 1.54) is 12.2 Å². The number of hydrogen-bond acceptors (Lipinski definition) is 5. The van der Waals surface area contributed by atoms with Crippen molar-refractivity contribution in [3.63, 3.8) is 0 Å². The Hall–Kier alpha value is -0.970. The Balaban J connectivity index is 2.38. The smallest absolute Gasteiger partial charge is 0.226 e. The summed E-state index contributed by atoms with van der Waals surface area (Å²) in [6.45, 7) is 2.84. The number of methoxy groups -OCH3 is 1. The summed E-state index contributed by atoms with van der Waals surface area (Å²) in [5.41, 5.74) is 0.915. The van der Waals surface area contributed by atoms with Crippen LogP contribution in [0.5, 0.6) is 5.88 Å². The number of rotatable bonds is 7. The maximum Gasteiger partial charge on any atom is 0.226 e. The van der Waals surface area contributed by atoms with Crippen LogP contribution in [0.4, 0.5) is 5.95 Å². The average Bonchev–Trinajstić information content (AvgIpc) is 2.28. The minimum atomic E-state index is 0.610. The van der Waals surface area contributed by atoms with Crippen LogP contribution in [0, 0.1) is 6.92 Å². The molecule has 0 saturated heterocycles. The molecule has 16 heavy (non-hydrogen) atoms. The predicted octanol–water partition coefficient (Wildman–Crippen LogP) is 2.35. The minimum absolute atomic E-state index is 0.610. The van der Waals surface area contributed by atoms with Crippen molar-refractivity contribution in [2.24, 2.45) is 0 Å². The molecule has 1 N–H and O–H groups in total. The fourth-order valence-corrected chi connectivity index (χ4v) is 1.79. The van der Waals surface area contributed by atoms with Crippen molar-refractivity contribution in [2.45, 2.75) is 19.8 Å². The third kappa shape index (κ3) is 4.70. The third-order valence-corrected chi connectivity index (χ3v) is 2.80. The number of aromatic nitrogens is 2. The van der Waals surface area contributed by atoms with E-state index in [-0.39, 0.29) is 0 Å². The van der Waals surface area contributed by atoms with E-state index in [0.717, 1.165) is 18.7 Å². The van der Waals surface area contributed by atoms with Crippen molar-refractivity contribution in [2.75, 3.05) is 31.0 Å². The van der Waals surface area contributed by atoms with Gasteiger partial charge in [0.1, 0.15) is 0 Å². The largest absolute Gasteiger partial charge is 0.481 e. The SMILES string of the molecule is COc1cc(C)nc(NCCCCSC)n1. The Kier molecular flexibility index (Phi) is 6.00. The first-order valence-corrected chi connectivity index (χ1v) is 6.78. The molecule has 0 fully saturated rings. The maximum absolute atomic E-state index is 5.09. The second-order valence-corrected chi connectivity index (χ2v) is 4.49. The zero-order chi connectivity index (χ0) is 11.8. The summed E-state index contributed by atoms with van der Waals surface area (Å²) in [6, 6.07) is 1.82. The molecular formula is C11H19N3OS. The standard InChI is InChI=1S/C11H19N3OS/c1-9-8-10(15-2)14-11(13-9)12-6-4-5-7-16-3/h8H,4-7H2,1-3H3,(H,12,13,14). The van der Waals surface area contributed by atoms with Gasteiger partial charge in [-0.05, 0) is 31.8 Å². The van der Waals surface area contributed by atoms with Gasteiger partial charge >= 0.3 is 0 Å². The molecule has 0 bridgehead atoms. The summed E-state index contributed by atoms with van der Waals surface area (Å²) in [5, 5.41) is 3.21. The molecule has 4 nitrogen and oxygen atoms in total. The highest BCUT2D eigenvalue weighted by Gasteiger charge is 2.00. The number of aryl methyl sites for hydroxylation is 1. The van der Waals surface area contributed by atoms with Crippen LogP contribution in [0.3, 0.4) is 0 Å². The Morgan fingerprint density at radius 3 is 2.88 bits per heavy atom. The second-order valence-electron chi connectivity index (χ2n) is 3.50. The lowest BCUT2D eigenvalue weighted by Gasteiger charge is -2.06. The van der Waals surface area contributed by atoms with Gasteiger partial charge in [0.15, 0.2) is 0 Å². The van der Waals surface area contributed by atoms with Crippen LogP contribution in [0.1, 0.15) is 18.5 Å². The van der Waals surface area contributed by atoms with E-state index in [4.69, 9.17) is 4.74 Å². The van der Waals surface area contributed by atoms with Gasteiger partial charge in [-0.25, -0.2) is 4.98 Å². The normalized spacial score (nSPS) is 10.2. The number of nitrogens with one attached hydrogen (secondary N) is 1. The van der Waals surface area contributed by atoms with Crippen molar-refractivity contribution in [3.8, 4) is 5.88 Å². The second kappa shape index (κ2) is 7.33. The van der Waals surface area contributed by atoms with Gasteiger partial charge in [-0.2, -0.15) is 16.7 Å². The highest BCUT2D eigenvalue weighted by molar-refractivity contribution is 7.98. The lowest BCUT2D eigenvalue weighted by Crippen LogP contribution is -2.07. The Bertz CT molecular complexity index is 320. The van der Waals surface area contributed by atoms with Crippen LogP contribution in [0.2, 0.25) is 0 Å². The van der Waals surface area contributed by atoms with E-state index in [0.29, 0.717) is 11.8 Å². The molecule has 1 rings (SSSR count). The van der Waals surface area contributed by atoms with Gasteiger partial charge in [-0.3, -0.25) is 0 Å². The van der Waals surface area contributed by atoms with Crippen LogP contribution in [-0.4, -0.2) is 35.6 Å². The van der Waals surface area contributed by atoms with E-state index < -0.39 is 0 Å². The third-order valence-electron chi connectivity index (χ3n) is 2.10. The molecule has 0 unspecified atom stereocenters. The van der Waals surface area contributed by atoms with Gasteiger partial charge in [-0.1, -0.05) is 0 Å². The van der Waals surface area contributed by atoms with Crippen LogP contribution in [0.15, 0.2) is 6.07 Å². The van der Waals surface area contributed by atoms with Crippen LogP contribution in [0.25, 0.3) is 0 Å². The first-order chi connectivity index (χ1) is 7.76. The molecule has 90 valence electrons. The van der Waals surface area contributed by atoms with Gasteiger partial charge in [0.25, 0.3) is 0 Å². The van der Waals surface area contributed by atoms with Crippen molar-refractivity contribution in [1.82, 2.24) is 9.97 Å². The summed E-state index contributed by atoms with van der Waals surface area (Å²) in [4.78, 5) is 8.51. The molecule has 0 aromatic carbocycles. The molecule has 0 aliphatic rings. The molecule has 1 aromatic rings. The van der Waals surface area contributed by atoms with E-state index >= 15 is 0 Å². The predicted molar refractivity (Wildman–Crippen MR) is 69.4 cm³/mol. The molecule has 0 spiro atoms. The molecule has 0 radical (unpaired) electrons. The Labute approximate surface area is 101 Å². The lowest BCUT2D eigenvalue weighted by molar-refractivity contribution is 0.397. The molecule has 0 saturated carbocycles.